The van der Waals surface area contributed by atoms with E-state index in [9.17, 15) is 9.90 Å². The quantitative estimate of drug-likeness (QED) is 0.691. The molecule has 0 amide bonds. The number of nitrogens with one attached hydrogen (secondary N) is 2. The van der Waals surface area contributed by atoms with Crippen LogP contribution in [0, 0.1) is 0 Å². The number of carboxylic acids is 1. The Morgan fingerprint density at radius 1 is 1.32 bits per heavy atom. The molecule has 0 spiro atoms. The summed E-state index contributed by atoms with van der Waals surface area (Å²) in [6.45, 7) is 1.66. The van der Waals surface area contributed by atoms with Crippen molar-refractivity contribution >= 4 is 22.7 Å². The lowest BCUT2D eigenvalue weighted by Crippen LogP contribution is -2.13. The highest BCUT2D eigenvalue weighted by Crippen LogP contribution is 2.20. The van der Waals surface area contributed by atoms with E-state index in [4.69, 9.17) is 0 Å². The minimum atomic E-state index is -0.933. The SMILES string of the molecule is CNCCCNc1cc(C(=O)O)c2ccccc2n1. The van der Waals surface area contributed by atoms with Crippen LogP contribution in [-0.2, 0) is 0 Å². The first-order valence-corrected chi connectivity index (χ1v) is 6.24. The summed E-state index contributed by atoms with van der Waals surface area (Å²) in [4.78, 5) is 15.7. The maximum absolute atomic E-state index is 11.3. The van der Waals surface area contributed by atoms with Gasteiger partial charge in [-0.25, -0.2) is 9.78 Å². The molecule has 0 atom stereocenters. The molecule has 1 heterocycles. The van der Waals surface area contributed by atoms with Crippen LogP contribution >= 0.6 is 0 Å². The Hall–Kier alpha value is -2.14. The Morgan fingerprint density at radius 3 is 2.84 bits per heavy atom. The van der Waals surface area contributed by atoms with E-state index < -0.39 is 5.97 Å². The van der Waals surface area contributed by atoms with Gasteiger partial charge in [0, 0.05) is 11.9 Å². The van der Waals surface area contributed by atoms with Crippen LogP contribution in [0.3, 0.4) is 0 Å². The summed E-state index contributed by atoms with van der Waals surface area (Å²) in [5, 5.41) is 16.1. The van der Waals surface area contributed by atoms with Crippen LogP contribution in [-0.4, -0.2) is 36.2 Å². The highest BCUT2D eigenvalue weighted by molar-refractivity contribution is 6.03. The molecule has 5 heteroatoms. The van der Waals surface area contributed by atoms with Crippen molar-refractivity contribution in [2.75, 3.05) is 25.5 Å². The average molecular weight is 259 g/mol. The molecule has 2 aromatic rings. The van der Waals surface area contributed by atoms with Crippen LogP contribution in [0.1, 0.15) is 16.8 Å². The van der Waals surface area contributed by atoms with Crippen molar-refractivity contribution in [2.45, 2.75) is 6.42 Å². The van der Waals surface area contributed by atoms with Gasteiger partial charge >= 0.3 is 5.97 Å². The van der Waals surface area contributed by atoms with Crippen LogP contribution in [0.5, 0.6) is 0 Å². The number of aromatic carboxylic acids is 1. The Labute approximate surface area is 111 Å². The zero-order chi connectivity index (χ0) is 13.7. The van der Waals surface area contributed by atoms with Gasteiger partial charge in [-0.05, 0) is 32.1 Å². The molecule has 1 aromatic heterocycles. The van der Waals surface area contributed by atoms with Crippen LogP contribution < -0.4 is 10.6 Å². The summed E-state index contributed by atoms with van der Waals surface area (Å²) in [5.74, 6) is -0.330. The Balaban J connectivity index is 2.27. The van der Waals surface area contributed by atoms with Gasteiger partial charge in [-0.1, -0.05) is 18.2 Å². The Kier molecular flexibility index (Phi) is 4.30. The number of hydrogen-bond donors (Lipinski definition) is 3. The third-order valence-electron chi connectivity index (χ3n) is 2.86. The molecule has 0 saturated carbocycles. The second-order valence-electron chi connectivity index (χ2n) is 4.26. The van der Waals surface area contributed by atoms with Gasteiger partial charge < -0.3 is 15.7 Å². The van der Waals surface area contributed by atoms with E-state index in [0.717, 1.165) is 19.5 Å². The fourth-order valence-corrected chi connectivity index (χ4v) is 1.92. The van der Waals surface area contributed by atoms with Gasteiger partial charge in [-0.15, -0.1) is 0 Å². The number of anilines is 1. The summed E-state index contributed by atoms with van der Waals surface area (Å²) in [7, 11) is 1.90. The molecule has 1 aromatic carbocycles. The zero-order valence-electron chi connectivity index (χ0n) is 10.8. The highest BCUT2D eigenvalue weighted by atomic mass is 16.4. The number of carbonyl (C=O) groups is 1. The minimum Gasteiger partial charge on any atom is -0.478 e. The molecule has 19 heavy (non-hydrogen) atoms. The Bertz CT molecular complexity index is 584. The van der Waals surface area contributed by atoms with Crippen molar-refractivity contribution in [1.82, 2.24) is 10.3 Å². The van der Waals surface area contributed by atoms with Crippen molar-refractivity contribution in [3.8, 4) is 0 Å². The molecule has 0 unspecified atom stereocenters. The monoisotopic (exact) mass is 259 g/mol. The van der Waals surface area contributed by atoms with E-state index >= 15 is 0 Å². The first-order valence-electron chi connectivity index (χ1n) is 6.24. The lowest BCUT2D eigenvalue weighted by atomic mass is 10.1. The van der Waals surface area contributed by atoms with Crippen LogP contribution in [0.15, 0.2) is 30.3 Å². The van der Waals surface area contributed by atoms with Crippen molar-refractivity contribution in [3.05, 3.63) is 35.9 Å². The zero-order valence-corrected chi connectivity index (χ0v) is 10.8. The predicted octanol–water partition coefficient (Wildman–Crippen LogP) is 1.95. The van der Waals surface area contributed by atoms with Crippen LogP contribution in [0.2, 0.25) is 0 Å². The maximum Gasteiger partial charge on any atom is 0.336 e. The molecular weight excluding hydrogens is 242 g/mol. The third kappa shape index (κ3) is 3.20. The van der Waals surface area contributed by atoms with Crippen molar-refractivity contribution in [1.29, 1.82) is 0 Å². The van der Waals surface area contributed by atoms with E-state index in [1.54, 1.807) is 12.1 Å². The fraction of sp³-hybridized carbons (Fsp3) is 0.286. The molecule has 0 aliphatic carbocycles. The van der Waals surface area contributed by atoms with Gasteiger partial charge in [0.15, 0.2) is 0 Å². The van der Waals surface area contributed by atoms with Crippen molar-refractivity contribution < 1.29 is 9.90 Å². The first-order chi connectivity index (χ1) is 9.22. The van der Waals surface area contributed by atoms with Gasteiger partial charge in [-0.3, -0.25) is 0 Å². The van der Waals surface area contributed by atoms with Gasteiger partial charge in [0.2, 0.25) is 0 Å². The topological polar surface area (TPSA) is 74.2 Å². The number of rotatable bonds is 6. The van der Waals surface area contributed by atoms with Crippen molar-refractivity contribution in [2.24, 2.45) is 0 Å². The summed E-state index contributed by atoms with van der Waals surface area (Å²) in [6.07, 6.45) is 0.952. The van der Waals surface area contributed by atoms with Gasteiger partial charge in [0.05, 0.1) is 11.1 Å². The summed E-state index contributed by atoms with van der Waals surface area (Å²) in [5.41, 5.74) is 0.972. The predicted molar refractivity (Wildman–Crippen MR) is 75.7 cm³/mol. The lowest BCUT2D eigenvalue weighted by Gasteiger charge is -2.09. The van der Waals surface area contributed by atoms with Gasteiger partial charge in [0.25, 0.3) is 0 Å². The molecule has 0 fully saturated rings. The van der Waals surface area contributed by atoms with E-state index in [2.05, 4.69) is 15.6 Å². The fourth-order valence-electron chi connectivity index (χ4n) is 1.92. The number of benzene rings is 1. The smallest absolute Gasteiger partial charge is 0.336 e. The number of pyridine rings is 1. The number of aromatic nitrogens is 1. The second-order valence-corrected chi connectivity index (χ2v) is 4.26. The number of nitrogens with zero attached hydrogens (tertiary/aromatic N) is 1. The van der Waals surface area contributed by atoms with E-state index in [1.807, 2.05) is 25.2 Å². The summed E-state index contributed by atoms with van der Waals surface area (Å²) >= 11 is 0. The van der Waals surface area contributed by atoms with Crippen LogP contribution in [0.25, 0.3) is 10.9 Å². The molecule has 5 nitrogen and oxygen atoms in total. The Morgan fingerprint density at radius 2 is 2.11 bits per heavy atom. The lowest BCUT2D eigenvalue weighted by molar-refractivity contribution is 0.0699. The number of hydrogen-bond acceptors (Lipinski definition) is 4. The maximum atomic E-state index is 11.3. The molecule has 3 N–H and O–H groups in total. The summed E-state index contributed by atoms with van der Waals surface area (Å²) in [6, 6.07) is 8.85. The van der Waals surface area contributed by atoms with Crippen molar-refractivity contribution in [3.63, 3.8) is 0 Å². The standard InChI is InChI=1S/C14H17N3O2/c1-15-7-4-8-16-13-9-11(14(18)19)10-5-2-3-6-12(10)17-13/h2-3,5-6,9,15H,4,7-8H2,1H3,(H,16,17)(H,18,19). The first kappa shape index (κ1) is 13.3. The van der Waals surface area contributed by atoms with Gasteiger partial charge in [-0.2, -0.15) is 0 Å². The molecule has 0 aliphatic heterocycles. The number of para-hydroxylation sites is 1. The van der Waals surface area contributed by atoms with E-state index in [0.29, 0.717) is 16.7 Å². The minimum absolute atomic E-state index is 0.279. The molecule has 0 aliphatic rings. The van der Waals surface area contributed by atoms with E-state index in [-0.39, 0.29) is 5.56 Å². The van der Waals surface area contributed by atoms with E-state index in [1.165, 1.54) is 0 Å². The molecule has 0 radical (unpaired) electrons. The summed E-state index contributed by atoms with van der Waals surface area (Å²) < 4.78 is 0. The molecule has 0 saturated heterocycles. The largest absolute Gasteiger partial charge is 0.478 e. The van der Waals surface area contributed by atoms with Crippen LogP contribution in [0.4, 0.5) is 5.82 Å². The molecule has 2 rings (SSSR count). The molecular formula is C14H17N3O2. The molecule has 100 valence electrons. The number of carboxylic acid groups (broad SMARTS) is 1. The average Bonchev–Trinajstić information content (AvgIpc) is 2.42. The normalized spacial score (nSPS) is 10.6. The molecule has 0 bridgehead atoms. The van der Waals surface area contributed by atoms with Gasteiger partial charge in [0.1, 0.15) is 5.82 Å². The third-order valence-corrected chi connectivity index (χ3v) is 2.86. The second kappa shape index (κ2) is 6.15. The highest BCUT2D eigenvalue weighted by Gasteiger charge is 2.11. The number of fused-ring (bicyclic) bond motifs is 1.